The van der Waals surface area contributed by atoms with Gasteiger partial charge in [-0.3, -0.25) is 9.59 Å². The number of likely N-dealkylation sites (tertiary alicyclic amines) is 1. The number of benzene rings is 2. The Morgan fingerprint density at radius 1 is 1.04 bits per heavy atom. The van der Waals surface area contributed by atoms with E-state index in [-0.39, 0.29) is 30.1 Å². The molecule has 1 saturated heterocycles. The highest BCUT2D eigenvalue weighted by Gasteiger charge is 2.28. The molecule has 0 saturated carbocycles. The number of hydrogen-bond acceptors (Lipinski definition) is 3. The lowest BCUT2D eigenvalue weighted by atomic mass is 9.91. The van der Waals surface area contributed by atoms with Crippen LogP contribution in [0.15, 0.2) is 54.6 Å². The number of carbonyl (C=O) groups is 2. The second-order valence-electron chi connectivity index (χ2n) is 6.75. The van der Waals surface area contributed by atoms with Gasteiger partial charge in [-0.1, -0.05) is 48.5 Å². The number of piperidine rings is 1. The van der Waals surface area contributed by atoms with Gasteiger partial charge in [0.2, 0.25) is 0 Å². The zero-order valence-corrected chi connectivity index (χ0v) is 15.7. The van der Waals surface area contributed by atoms with Crippen molar-refractivity contribution in [3.63, 3.8) is 0 Å². The van der Waals surface area contributed by atoms with Crippen LogP contribution in [-0.2, 0) is 0 Å². The van der Waals surface area contributed by atoms with E-state index in [4.69, 9.17) is 5.73 Å². The predicted molar refractivity (Wildman–Crippen MR) is 106 cm³/mol. The van der Waals surface area contributed by atoms with Gasteiger partial charge in [-0.2, -0.15) is 0 Å². The summed E-state index contributed by atoms with van der Waals surface area (Å²) in [6.45, 7) is 3.37. The number of hydrogen-bond donors (Lipinski definition) is 1. The highest BCUT2D eigenvalue weighted by Crippen LogP contribution is 2.23. The molecule has 0 aromatic heterocycles. The molecule has 138 valence electrons. The number of nitrogens with two attached hydrogens (primary N) is 1. The fraction of sp³-hybridized carbons (Fsp3) is 0.333. The summed E-state index contributed by atoms with van der Waals surface area (Å²) in [6.07, 6.45) is 2.00. The lowest BCUT2D eigenvalue weighted by Crippen LogP contribution is -2.45. The SMILES string of the molecule is CC(N)C1CCCN(C(=O)c2ccccc2C(=O)c2ccccc2)C1.Cl. The topological polar surface area (TPSA) is 63.4 Å². The lowest BCUT2D eigenvalue weighted by Gasteiger charge is -2.35. The fourth-order valence-corrected chi connectivity index (χ4v) is 3.41. The van der Waals surface area contributed by atoms with E-state index in [1.807, 2.05) is 36.1 Å². The first-order valence-electron chi connectivity index (χ1n) is 8.81. The van der Waals surface area contributed by atoms with Gasteiger partial charge in [-0.25, -0.2) is 0 Å². The number of halogens is 1. The van der Waals surface area contributed by atoms with Crippen LogP contribution in [0.1, 0.15) is 46.0 Å². The normalized spacial score (nSPS) is 17.9. The second-order valence-corrected chi connectivity index (χ2v) is 6.75. The van der Waals surface area contributed by atoms with Gasteiger partial charge in [-0.05, 0) is 31.7 Å². The first-order chi connectivity index (χ1) is 12.1. The van der Waals surface area contributed by atoms with Crippen LogP contribution >= 0.6 is 12.4 Å². The number of amides is 1. The summed E-state index contributed by atoms with van der Waals surface area (Å²) < 4.78 is 0. The van der Waals surface area contributed by atoms with Crippen LogP contribution in [0.2, 0.25) is 0 Å². The zero-order valence-electron chi connectivity index (χ0n) is 14.9. The monoisotopic (exact) mass is 372 g/mol. The average molecular weight is 373 g/mol. The summed E-state index contributed by atoms with van der Waals surface area (Å²) in [5.41, 5.74) is 7.56. The number of nitrogens with zero attached hydrogens (tertiary/aromatic N) is 1. The Morgan fingerprint density at radius 3 is 2.31 bits per heavy atom. The van der Waals surface area contributed by atoms with Crippen LogP contribution in [0, 0.1) is 5.92 Å². The van der Waals surface area contributed by atoms with Crippen molar-refractivity contribution in [3.05, 3.63) is 71.3 Å². The van der Waals surface area contributed by atoms with Gasteiger partial charge in [0.05, 0.1) is 5.56 Å². The Kier molecular flexibility index (Phi) is 6.95. The molecule has 5 heteroatoms. The minimum Gasteiger partial charge on any atom is -0.338 e. The quantitative estimate of drug-likeness (QED) is 0.835. The molecular formula is C21H25ClN2O2. The summed E-state index contributed by atoms with van der Waals surface area (Å²) >= 11 is 0. The molecule has 2 aromatic rings. The molecule has 0 spiro atoms. The summed E-state index contributed by atoms with van der Waals surface area (Å²) in [7, 11) is 0. The largest absolute Gasteiger partial charge is 0.338 e. The van der Waals surface area contributed by atoms with E-state index in [2.05, 4.69) is 0 Å². The van der Waals surface area contributed by atoms with Crippen LogP contribution in [-0.4, -0.2) is 35.7 Å². The Labute approximate surface area is 160 Å². The minimum absolute atomic E-state index is 0. The molecule has 4 nitrogen and oxygen atoms in total. The second kappa shape index (κ2) is 8.97. The molecular weight excluding hydrogens is 348 g/mol. The van der Waals surface area contributed by atoms with Crippen molar-refractivity contribution in [1.29, 1.82) is 0 Å². The Morgan fingerprint density at radius 2 is 1.65 bits per heavy atom. The van der Waals surface area contributed by atoms with E-state index < -0.39 is 0 Å². The third kappa shape index (κ3) is 4.32. The summed E-state index contributed by atoms with van der Waals surface area (Å²) in [5.74, 6) is 0.116. The molecule has 1 aliphatic heterocycles. The molecule has 2 aromatic carbocycles. The van der Waals surface area contributed by atoms with Crippen molar-refractivity contribution in [1.82, 2.24) is 4.90 Å². The molecule has 0 bridgehead atoms. The molecule has 2 atom stereocenters. The highest BCUT2D eigenvalue weighted by atomic mass is 35.5. The third-order valence-corrected chi connectivity index (χ3v) is 4.93. The van der Waals surface area contributed by atoms with Gasteiger partial charge >= 0.3 is 0 Å². The molecule has 1 amide bonds. The Bertz CT molecular complexity index is 762. The third-order valence-electron chi connectivity index (χ3n) is 4.93. The highest BCUT2D eigenvalue weighted by molar-refractivity contribution is 6.15. The average Bonchev–Trinajstić information content (AvgIpc) is 2.67. The van der Waals surface area contributed by atoms with E-state index in [1.54, 1.807) is 30.3 Å². The van der Waals surface area contributed by atoms with Crippen molar-refractivity contribution in [2.75, 3.05) is 13.1 Å². The maximum Gasteiger partial charge on any atom is 0.254 e. The molecule has 1 fully saturated rings. The number of ketones is 1. The van der Waals surface area contributed by atoms with E-state index in [0.29, 0.717) is 29.2 Å². The molecule has 0 radical (unpaired) electrons. The smallest absolute Gasteiger partial charge is 0.254 e. The fourth-order valence-electron chi connectivity index (χ4n) is 3.41. The molecule has 2 unspecified atom stereocenters. The van der Waals surface area contributed by atoms with Crippen molar-refractivity contribution in [3.8, 4) is 0 Å². The standard InChI is InChI=1S/C21H24N2O2.ClH/c1-15(22)17-10-7-13-23(14-17)21(25)19-12-6-5-11-18(19)20(24)16-8-3-2-4-9-16;/h2-6,8-9,11-12,15,17H,7,10,13-14,22H2,1H3;1H. The molecule has 1 heterocycles. The van der Waals surface area contributed by atoms with Crippen LogP contribution in [0.3, 0.4) is 0 Å². The Balaban J connectivity index is 0.00000243. The number of rotatable bonds is 4. The van der Waals surface area contributed by atoms with Crippen molar-refractivity contribution >= 4 is 24.1 Å². The maximum absolute atomic E-state index is 13.1. The van der Waals surface area contributed by atoms with E-state index in [1.165, 1.54) is 0 Å². The molecule has 26 heavy (non-hydrogen) atoms. The van der Waals surface area contributed by atoms with Crippen molar-refractivity contribution in [2.24, 2.45) is 11.7 Å². The van der Waals surface area contributed by atoms with Gasteiger partial charge in [-0.15, -0.1) is 12.4 Å². The van der Waals surface area contributed by atoms with Gasteiger partial charge in [0.15, 0.2) is 5.78 Å². The molecule has 2 N–H and O–H groups in total. The van der Waals surface area contributed by atoms with E-state index in [0.717, 1.165) is 19.4 Å². The Hall–Kier alpha value is -2.17. The van der Waals surface area contributed by atoms with Crippen molar-refractivity contribution in [2.45, 2.75) is 25.8 Å². The molecule has 0 aliphatic carbocycles. The van der Waals surface area contributed by atoms with Gasteiger partial charge in [0.25, 0.3) is 5.91 Å². The summed E-state index contributed by atoms with van der Waals surface area (Å²) in [6, 6.07) is 16.2. The van der Waals surface area contributed by atoms with Gasteiger partial charge in [0.1, 0.15) is 0 Å². The van der Waals surface area contributed by atoms with Crippen molar-refractivity contribution < 1.29 is 9.59 Å². The predicted octanol–water partition coefficient (Wildman–Crippen LogP) is 3.54. The summed E-state index contributed by atoms with van der Waals surface area (Å²) in [5, 5.41) is 0. The summed E-state index contributed by atoms with van der Waals surface area (Å²) in [4.78, 5) is 27.7. The van der Waals surface area contributed by atoms with Crippen LogP contribution in [0.5, 0.6) is 0 Å². The molecule has 1 aliphatic rings. The maximum atomic E-state index is 13.1. The molecule has 3 rings (SSSR count). The van der Waals surface area contributed by atoms with E-state index in [9.17, 15) is 9.59 Å². The van der Waals surface area contributed by atoms with Gasteiger partial charge in [0, 0.05) is 30.3 Å². The lowest BCUT2D eigenvalue weighted by molar-refractivity contribution is 0.0657. The number of carbonyl (C=O) groups excluding carboxylic acids is 2. The first kappa shape index (κ1) is 20.1. The minimum atomic E-state index is -0.120. The van der Waals surface area contributed by atoms with E-state index >= 15 is 0 Å². The zero-order chi connectivity index (χ0) is 17.8. The first-order valence-corrected chi connectivity index (χ1v) is 8.81. The van der Waals surface area contributed by atoms with Gasteiger partial charge < -0.3 is 10.6 Å². The van der Waals surface area contributed by atoms with Crippen LogP contribution in [0.25, 0.3) is 0 Å². The van der Waals surface area contributed by atoms with Crippen LogP contribution < -0.4 is 5.73 Å². The van der Waals surface area contributed by atoms with Crippen LogP contribution in [0.4, 0.5) is 0 Å².